The lowest BCUT2D eigenvalue weighted by molar-refractivity contribution is 0.179. The number of hydrogen-bond acceptors (Lipinski definition) is 4. The third kappa shape index (κ3) is 4.21. The van der Waals surface area contributed by atoms with Gasteiger partial charge in [-0.2, -0.15) is 0 Å². The monoisotopic (exact) mass is 296 g/mol. The molecule has 1 aliphatic heterocycles. The molecule has 1 aromatic carbocycles. The number of piperidine rings is 1. The number of nitrogens with one attached hydrogen (secondary N) is 1. The molecule has 1 saturated heterocycles. The van der Waals surface area contributed by atoms with Crippen molar-refractivity contribution in [1.82, 2.24) is 4.90 Å². The Labute approximate surface area is 122 Å². The number of likely N-dealkylation sites (tertiary alicyclic amines) is 1. The zero-order chi connectivity index (χ0) is 14.6. The van der Waals surface area contributed by atoms with E-state index in [2.05, 4.69) is 17.3 Å². The largest absolute Gasteiger partial charge is 0.385 e. The lowest BCUT2D eigenvalue weighted by Gasteiger charge is -2.32. The van der Waals surface area contributed by atoms with Crippen LogP contribution in [0.15, 0.2) is 29.2 Å². The van der Waals surface area contributed by atoms with Crippen LogP contribution >= 0.6 is 0 Å². The topological polar surface area (TPSA) is 49.4 Å². The first kappa shape index (κ1) is 15.3. The Morgan fingerprint density at radius 2 is 1.95 bits per heavy atom. The summed E-state index contributed by atoms with van der Waals surface area (Å²) in [6, 6.07) is 7.66. The van der Waals surface area contributed by atoms with Gasteiger partial charge in [0.1, 0.15) is 0 Å². The van der Waals surface area contributed by atoms with Gasteiger partial charge in [-0.3, -0.25) is 0 Å². The molecule has 1 N–H and O–H groups in total. The Bertz CT molecular complexity index is 525. The number of anilines is 1. The predicted molar refractivity (Wildman–Crippen MR) is 82.9 cm³/mol. The summed E-state index contributed by atoms with van der Waals surface area (Å²) in [5, 5.41) is 3.37. The minimum Gasteiger partial charge on any atom is -0.385 e. The van der Waals surface area contributed by atoms with Gasteiger partial charge in [-0.1, -0.05) is 6.42 Å². The fourth-order valence-corrected chi connectivity index (χ4v) is 3.34. The standard InChI is InChI=1S/C15H24N2O2S/c1-17-12-4-3-5-14(17)10-11-16-13-6-8-15(9-7-13)20(2,18)19/h6-9,14,16H,3-5,10-12H2,1-2H3. The van der Waals surface area contributed by atoms with Crippen molar-refractivity contribution in [3.05, 3.63) is 24.3 Å². The molecule has 0 spiro atoms. The zero-order valence-corrected chi connectivity index (χ0v) is 13.1. The summed E-state index contributed by atoms with van der Waals surface area (Å²) in [6.45, 7) is 2.13. The highest BCUT2D eigenvalue weighted by Crippen LogP contribution is 2.18. The van der Waals surface area contributed by atoms with E-state index in [4.69, 9.17) is 0 Å². The fourth-order valence-electron chi connectivity index (χ4n) is 2.71. The van der Waals surface area contributed by atoms with E-state index in [-0.39, 0.29) is 0 Å². The number of rotatable bonds is 5. The molecule has 5 heteroatoms. The van der Waals surface area contributed by atoms with Crippen molar-refractivity contribution < 1.29 is 8.42 Å². The number of sulfone groups is 1. The molecule has 1 aromatic rings. The Balaban J connectivity index is 1.82. The van der Waals surface area contributed by atoms with Crippen LogP contribution in [0.2, 0.25) is 0 Å². The molecule has 1 heterocycles. The lowest BCUT2D eigenvalue weighted by Crippen LogP contribution is -2.37. The van der Waals surface area contributed by atoms with Gasteiger partial charge in [-0.25, -0.2) is 8.42 Å². The van der Waals surface area contributed by atoms with E-state index >= 15 is 0 Å². The van der Waals surface area contributed by atoms with E-state index < -0.39 is 9.84 Å². The zero-order valence-electron chi connectivity index (χ0n) is 12.3. The summed E-state index contributed by atoms with van der Waals surface area (Å²) >= 11 is 0. The maximum atomic E-state index is 11.4. The Hall–Kier alpha value is -1.07. The number of hydrogen-bond donors (Lipinski definition) is 1. The van der Waals surface area contributed by atoms with Gasteiger partial charge >= 0.3 is 0 Å². The maximum absolute atomic E-state index is 11.4. The molecular weight excluding hydrogens is 272 g/mol. The third-order valence-corrected chi connectivity index (χ3v) is 5.14. The van der Waals surface area contributed by atoms with E-state index in [9.17, 15) is 8.42 Å². The van der Waals surface area contributed by atoms with Crippen LogP contribution in [0.5, 0.6) is 0 Å². The maximum Gasteiger partial charge on any atom is 0.175 e. The highest BCUT2D eigenvalue weighted by atomic mass is 32.2. The van der Waals surface area contributed by atoms with Crippen molar-refractivity contribution in [3.8, 4) is 0 Å². The molecule has 1 fully saturated rings. The van der Waals surface area contributed by atoms with Crippen molar-refractivity contribution in [3.63, 3.8) is 0 Å². The molecule has 0 radical (unpaired) electrons. The average molecular weight is 296 g/mol. The van der Waals surface area contributed by atoms with E-state index in [1.165, 1.54) is 32.1 Å². The lowest BCUT2D eigenvalue weighted by atomic mass is 10.0. The summed E-state index contributed by atoms with van der Waals surface area (Å²) in [6.07, 6.45) is 6.29. The molecule has 112 valence electrons. The van der Waals surface area contributed by atoms with Gasteiger partial charge in [0.05, 0.1) is 4.90 Å². The van der Waals surface area contributed by atoms with Crippen molar-refractivity contribution >= 4 is 15.5 Å². The molecule has 2 rings (SSSR count). The summed E-state index contributed by atoms with van der Waals surface area (Å²) < 4.78 is 22.7. The van der Waals surface area contributed by atoms with Crippen molar-refractivity contribution in [2.24, 2.45) is 0 Å². The van der Waals surface area contributed by atoms with Gasteiger partial charge in [0.15, 0.2) is 9.84 Å². The van der Waals surface area contributed by atoms with E-state index in [0.717, 1.165) is 18.7 Å². The van der Waals surface area contributed by atoms with E-state index in [1.807, 2.05) is 12.1 Å². The number of benzene rings is 1. The average Bonchev–Trinajstić information content (AvgIpc) is 2.40. The van der Waals surface area contributed by atoms with E-state index in [0.29, 0.717) is 10.9 Å². The minimum absolute atomic E-state index is 0.370. The smallest absolute Gasteiger partial charge is 0.175 e. The van der Waals surface area contributed by atoms with Crippen molar-refractivity contribution in [1.29, 1.82) is 0 Å². The number of nitrogens with zero attached hydrogens (tertiary/aromatic N) is 1. The highest BCUT2D eigenvalue weighted by Gasteiger charge is 2.17. The molecular formula is C15H24N2O2S. The summed E-state index contributed by atoms with van der Waals surface area (Å²) in [4.78, 5) is 2.81. The van der Waals surface area contributed by atoms with Crippen molar-refractivity contribution in [2.75, 3.05) is 31.7 Å². The van der Waals surface area contributed by atoms with Gasteiger partial charge in [0.2, 0.25) is 0 Å². The van der Waals surface area contributed by atoms with Crippen LogP contribution < -0.4 is 5.32 Å². The Morgan fingerprint density at radius 1 is 1.25 bits per heavy atom. The highest BCUT2D eigenvalue weighted by molar-refractivity contribution is 7.90. The molecule has 20 heavy (non-hydrogen) atoms. The fraction of sp³-hybridized carbons (Fsp3) is 0.600. The second-order valence-electron chi connectivity index (χ2n) is 5.64. The quantitative estimate of drug-likeness (QED) is 0.906. The Morgan fingerprint density at radius 3 is 2.55 bits per heavy atom. The third-order valence-electron chi connectivity index (χ3n) is 4.01. The predicted octanol–water partition coefficient (Wildman–Crippen LogP) is 2.38. The molecule has 0 saturated carbocycles. The molecule has 0 bridgehead atoms. The summed E-state index contributed by atoms with van der Waals surface area (Å²) in [7, 11) is -0.900. The van der Waals surface area contributed by atoms with Crippen LogP contribution in [0.3, 0.4) is 0 Å². The molecule has 0 aromatic heterocycles. The molecule has 4 nitrogen and oxygen atoms in total. The summed E-state index contributed by atoms with van der Waals surface area (Å²) in [5.41, 5.74) is 0.982. The van der Waals surface area contributed by atoms with Gasteiger partial charge < -0.3 is 10.2 Å². The summed E-state index contributed by atoms with van der Waals surface area (Å²) in [5.74, 6) is 0. The Kier molecular flexibility index (Phi) is 5.05. The first-order valence-corrected chi connectivity index (χ1v) is 9.10. The first-order valence-electron chi connectivity index (χ1n) is 7.21. The molecule has 1 aliphatic rings. The van der Waals surface area contributed by atoms with Gasteiger partial charge in [-0.15, -0.1) is 0 Å². The second-order valence-corrected chi connectivity index (χ2v) is 7.66. The first-order chi connectivity index (χ1) is 9.47. The molecule has 0 aliphatic carbocycles. The normalized spacial score (nSPS) is 20.8. The minimum atomic E-state index is -3.10. The van der Waals surface area contributed by atoms with Crippen molar-refractivity contribution in [2.45, 2.75) is 36.6 Å². The molecule has 0 amide bonds. The SMILES string of the molecule is CN1CCCCC1CCNc1ccc(S(C)(=O)=O)cc1. The van der Waals surface area contributed by atoms with Gasteiger partial charge in [-0.05, 0) is 57.1 Å². The van der Waals surface area contributed by atoms with Gasteiger partial charge in [0.25, 0.3) is 0 Å². The van der Waals surface area contributed by atoms with Crippen LogP contribution in [0, 0.1) is 0 Å². The van der Waals surface area contributed by atoms with Crippen LogP contribution in [0.4, 0.5) is 5.69 Å². The molecule has 1 atom stereocenters. The van der Waals surface area contributed by atoms with Crippen LogP contribution in [-0.2, 0) is 9.84 Å². The second kappa shape index (κ2) is 6.59. The van der Waals surface area contributed by atoms with Crippen LogP contribution in [-0.4, -0.2) is 45.8 Å². The van der Waals surface area contributed by atoms with Gasteiger partial charge in [0, 0.05) is 24.5 Å². The van der Waals surface area contributed by atoms with Crippen LogP contribution in [0.25, 0.3) is 0 Å². The van der Waals surface area contributed by atoms with Crippen LogP contribution in [0.1, 0.15) is 25.7 Å². The van der Waals surface area contributed by atoms with E-state index in [1.54, 1.807) is 12.1 Å². The molecule has 1 unspecified atom stereocenters.